The zero-order valence-corrected chi connectivity index (χ0v) is 16.4. The van der Waals surface area contributed by atoms with Crippen LogP contribution in [0.5, 0.6) is 5.75 Å². The number of carbonyl (C=O) groups excluding carboxylic acids is 1. The molecule has 0 atom stereocenters. The van der Waals surface area contributed by atoms with Crippen LogP contribution in [0, 0.1) is 13.8 Å². The molecule has 2 rings (SSSR count). The van der Waals surface area contributed by atoms with Crippen LogP contribution < -0.4 is 10.1 Å². The van der Waals surface area contributed by atoms with Crippen molar-refractivity contribution >= 4 is 12.0 Å². The van der Waals surface area contributed by atoms with Gasteiger partial charge in [-0.2, -0.15) is 0 Å². The molecular weight excluding hydrogens is 322 g/mol. The van der Waals surface area contributed by atoms with Gasteiger partial charge in [0.2, 0.25) is 5.91 Å². The van der Waals surface area contributed by atoms with Crippen LogP contribution in [-0.2, 0) is 10.2 Å². The van der Waals surface area contributed by atoms with Gasteiger partial charge in [0.25, 0.3) is 0 Å². The minimum absolute atomic E-state index is 0.116. The van der Waals surface area contributed by atoms with E-state index in [1.165, 1.54) is 5.56 Å². The third-order valence-electron chi connectivity index (χ3n) is 4.21. The average molecular weight is 351 g/mol. The maximum absolute atomic E-state index is 11.9. The summed E-state index contributed by atoms with van der Waals surface area (Å²) in [5.41, 5.74) is 4.69. The lowest BCUT2D eigenvalue weighted by Crippen LogP contribution is -2.26. The van der Waals surface area contributed by atoms with Crippen molar-refractivity contribution < 1.29 is 9.53 Å². The minimum atomic E-state index is -0.116. The zero-order valence-electron chi connectivity index (χ0n) is 16.4. The van der Waals surface area contributed by atoms with E-state index in [0.29, 0.717) is 13.2 Å². The van der Waals surface area contributed by atoms with E-state index in [0.717, 1.165) is 22.4 Å². The van der Waals surface area contributed by atoms with Crippen molar-refractivity contribution in [2.75, 3.05) is 13.2 Å². The molecule has 1 amide bonds. The van der Waals surface area contributed by atoms with Crippen LogP contribution >= 0.6 is 0 Å². The first-order chi connectivity index (χ1) is 12.3. The van der Waals surface area contributed by atoms with E-state index in [-0.39, 0.29) is 11.3 Å². The highest BCUT2D eigenvalue weighted by Crippen LogP contribution is 2.22. The molecule has 0 unspecified atom stereocenters. The number of nitrogens with one attached hydrogen (secondary N) is 1. The fourth-order valence-corrected chi connectivity index (χ4v) is 2.52. The second-order valence-electron chi connectivity index (χ2n) is 7.61. The second-order valence-corrected chi connectivity index (χ2v) is 7.61. The Labute approximate surface area is 157 Å². The number of hydrogen-bond acceptors (Lipinski definition) is 2. The van der Waals surface area contributed by atoms with Crippen LogP contribution in [-0.4, -0.2) is 19.1 Å². The van der Waals surface area contributed by atoms with E-state index in [1.54, 1.807) is 6.08 Å². The Morgan fingerprint density at radius 2 is 1.77 bits per heavy atom. The summed E-state index contributed by atoms with van der Waals surface area (Å²) in [5, 5.41) is 2.84. The molecule has 1 N–H and O–H groups in total. The molecule has 0 aromatic heterocycles. The Kier molecular flexibility index (Phi) is 6.62. The molecule has 138 valence electrons. The molecule has 0 saturated carbocycles. The number of hydrogen-bond donors (Lipinski definition) is 1. The van der Waals surface area contributed by atoms with Crippen molar-refractivity contribution in [2.45, 2.75) is 40.0 Å². The molecule has 0 aliphatic carbocycles. The van der Waals surface area contributed by atoms with Gasteiger partial charge in [-0.3, -0.25) is 4.79 Å². The third kappa shape index (κ3) is 6.07. The van der Waals surface area contributed by atoms with Gasteiger partial charge in [0.1, 0.15) is 12.4 Å². The van der Waals surface area contributed by atoms with Crippen molar-refractivity contribution in [3.63, 3.8) is 0 Å². The SMILES string of the molecule is Cc1ccc(C)c(OCCNC(=O)/C=C/c2ccc(C(C)(C)C)cc2)c1. The normalized spacial score (nSPS) is 11.6. The quantitative estimate of drug-likeness (QED) is 0.599. The lowest BCUT2D eigenvalue weighted by molar-refractivity contribution is -0.116. The Hall–Kier alpha value is -2.55. The summed E-state index contributed by atoms with van der Waals surface area (Å²) in [6.45, 7) is 11.5. The van der Waals surface area contributed by atoms with Crippen molar-refractivity contribution in [1.29, 1.82) is 0 Å². The summed E-state index contributed by atoms with van der Waals surface area (Å²) in [4.78, 5) is 11.9. The predicted octanol–water partition coefficient (Wildman–Crippen LogP) is 4.81. The van der Waals surface area contributed by atoms with E-state index in [9.17, 15) is 4.79 Å². The first kappa shape index (κ1) is 19.8. The van der Waals surface area contributed by atoms with Gasteiger partial charge >= 0.3 is 0 Å². The smallest absolute Gasteiger partial charge is 0.244 e. The summed E-state index contributed by atoms with van der Waals surface area (Å²) >= 11 is 0. The molecule has 0 fully saturated rings. The van der Waals surface area contributed by atoms with Gasteiger partial charge in [-0.25, -0.2) is 0 Å². The van der Waals surface area contributed by atoms with Crippen LogP contribution in [0.3, 0.4) is 0 Å². The molecule has 0 heterocycles. The number of benzene rings is 2. The molecular formula is C23H29NO2. The standard InChI is InChI=1S/C23H29NO2/c1-17-6-7-18(2)21(16-17)26-15-14-24-22(25)13-10-19-8-11-20(12-9-19)23(3,4)5/h6-13,16H,14-15H2,1-5H3,(H,24,25)/b13-10+. The van der Waals surface area contributed by atoms with Gasteiger partial charge in [0, 0.05) is 6.08 Å². The summed E-state index contributed by atoms with van der Waals surface area (Å²) in [5.74, 6) is 0.753. The van der Waals surface area contributed by atoms with Gasteiger partial charge in [0.15, 0.2) is 0 Å². The third-order valence-corrected chi connectivity index (χ3v) is 4.21. The first-order valence-corrected chi connectivity index (χ1v) is 9.02. The van der Waals surface area contributed by atoms with Gasteiger partial charge in [-0.15, -0.1) is 0 Å². The Balaban J connectivity index is 1.78. The fourth-order valence-electron chi connectivity index (χ4n) is 2.52. The second kappa shape index (κ2) is 8.70. The van der Waals surface area contributed by atoms with Gasteiger partial charge in [-0.05, 0) is 53.7 Å². The molecule has 0 bridgehead atoms. The summed E-state index contributed by atoms with van der Waals surface area (Å²) in [7, 11) is 0. The van der Waals surface area contributed by atoms with Crippen LogP contribution in [0.1, 0.15) is 43.0 Å². The molecule has 0 aliphatic rings. The van der Waals surface area contributed by atoms with Crippen molar-refractivity contribution in [2.24, 2.45) is 0 Å². The number of aryl methyl sites for hydroxylation is 2. The van der Waals surface area contributed by atoms with Crippen molar-refractivity contribution in [3.05, 3.63) is 70.8 Å². The molecule has 26 heavy (non-hydrogen) atoms. The largest absolute Gasteiger partial charge is 0.491 e. The Morgan fingerprint density at radius 3 is 2.42 bits per heavy atom. The van der Waals surface area contributed by atoms with E-state index in [1.807, 2.05) is 44.2 Å². The number of rotatable bonds is 6. The van der Waals surface area contributed by atoms with Crippen molar-refractivity contribution in [1.82, 2.24) is 5.32 Å². The van der Waals surface area contributed by atoms with E-state index < -0.39 is 0 Å². The molecule has 2 aromatic rings. The van der Waals surface area contributed by atoms with Gasteiger partial charge in [0.05, 0.1) is 6.54 Å². The molecule has 3 nitrogen and oxygen atoms in total. The molecule has 0 saturated heterocycles. The predicted molar refractivity (Wildman–Crippen MR) is 109 cm³/mol. The van der Waals surface area contributed by atoms with E-state index in [4.69, 9.17) is 4.74 Å². The lowest BCUT2D eigenvalue weighted by Gasteiger charge is -2.18. The van der Waals surface area contributed by atoms with Crippen LogP contribution in [0.4, 0.5) is 0 Å². The van der Waals surface area contributed by atoms with Gasteiger partial charge in [-0.1, -0.05) is 57.2 Å². The molecule has 0 aliphatic heterocycles. The topological polar surface area (TPSA) is 38.3 Å². The van der Waals surface area contributed by atoms with Crippen LogP contribution in [0.2, 0.25) is 0 Å². The van der Waals surface area contributed by atoms with E-state index >= 15 is 0 Å². The highest BCUT2D eigenvalue weighted by atomic mass is 16.5. The van der Waals surface area contributed by atoms with Crippen LogP contribution in [0.25, 0.3) is 6.08 Å². The van der Waals surface area contributed by atoms with Crippen LogP contribution in [0.15, 0.2) is 48.5 Å². The number of amides is 1. The fraction of sp³-hybridized carbons (Fsp3) is 0.348. The highest BCUT2D eigenvalue weighted by Gasteiger charge is 2.12. The summed E-state index contributed by atoms with van der Waals surface area (Å²) in [6, 6.07) is 14.4. The lowest BCUT2D eigenvalue weighted by atomic mass is 9.87. The number of ether oxygens (including phenoxy) is 1. The monoisotopic (exact) mass is 351 g/mol. The summed E-state index contributed by atoms with van der Waals surface area (Å²) < 4.78 is 5.74. The van der Waals surface area contributed by atoms with E-state index in [2.05, 4.69) is 44.3 Å². The molecule has 2 aromatic carbocycles. The summed E-state index contributed by atoms with van der Waals surface area (Å²) in [6.07, 6.45) is 3.39. The highest BCUT2D eigenvalue weighted by molar-refractivity contribution is 5.91. The number of carbonyl (C=O) groups is 1. The van der Waals surface area contributed by atoms with Gasteiger partial charge < -0.3 is 10.1 Å². The Morgan fingerprint density at radius 1 is 1.08 bits per heavy atom. The molecule has 3 heteroatoms. The Bertz CT molecular complexity index is 768. The first-order valence-electron chi connectivity index (χ1n) is 9.02. The maximum atomic E-state index is 11.9. The minimum Gasteiger partial charge on any atom is -0.491 e. The molecule has 0 radical (unpaired) electrons. The van der Waals surface area contributed by atoms with Crippen molar-refractivity contribution in [3.8, 4) is 5.75 Å². The molecule has 0 spiro atoms. The zero-order chi connectivity index (χ0) is 19.2. The average Bonchev–Trinajstić information content (AvgIpc) is 2.59. The maximum Gasteiger partial charge on any atom is 0.244 e.